The van der Waals surface area contributed by atoms with Gasteiger partial charge in [0, 0.05) is 12.6 Å². The Morgan fingerprint density at radius 3 is 2.80 bits per heavy atom. The van der Waals surface area contributed by atoms with Crippen molar-refractivity contribution in [2.75, 3.05) is 0 Å². The van der Waals surface area contributed by atoms with Crippen molar-refractivity contribution in [1.29, 1.82) is 0 Å². The average molecular weight is 300 g/mol. The molecule has 6 nitrogen and oxygen atoms in total. The van der Waals surface area contributed by atoms with E-state index in [1.54, 1.807) is 6.07 Å². The van der Waals surface area contributed by atoms with Crippen LogP contribution in [0.15, 0.2) is 21.3 Å². The first-order valence-corrected chi connectivity index (χ1v) is 6.47. The summed E-state index contributed by atoms with van der Waals surface area (Å²) < 4.78 is 11.8. The summed E-state index contributed by atoms with van der Waals surface area (Å²) in [7, 11) is 0. The van der Waals surface area contributed by atoms with Gasteiger partial charge in [0.05, 0.1) is 23.1 Å². The molecule has 1 N–H and O–H groups in total. The SMILES string of the molecule is CC(C)Oc1cc2oc(=O)n(CCC(=O)O)c2cc1Cl. The molecule has 2 rings (SSSR count). The first-order valence-electron chi connectivity index (χ1n) is 6.10. The number of aromatic nitrogens is 1. The molecule has 0 bridgehead atoms. The Balaban J connectivity index is 2.46. The van der Waals surface area contributed by atoms with Crippen molar-refractivity contribution in [1.82, 2.24) is 4.57 Å². The van der Waals surface area contributed by atoms with Crippen LogP contribution in [0.3, 0.4) is 0 Å². The lowest BCUT2D eigenvalue weighted by atomic mass is 10.3. The summed E-state index contributed by atoms with van der Waals surface area (Å²) in [6.45, 7) is 3.74. The average Bonchev–Trinajstić information content (AvgIpc) is 2.62. The van der Waals surface area contributed by atoms with Crippen LogP contribution in [0, 0.1) is 0 Å². The summed E-state index contributed by atoms with van der Waals surface area (Å²) in [5.74, 6) is -1.18. The maximum absolute atomic E-state index is 11.7. The fourth-order valence-corrected chi connectivity index (χ4v) is 2.03. The molecule has 7 heteroatoms. The lowest BCUT2D eigenvalue weighted by Gasteiger charge is -2.11. The van der Waals surface area contributed by atoms with Crippen molar-refractivity contribution in [3.05, 3.63) is 27.7 Å². The molecule has 2 aromatic rings. The summed E-state index contributed by atoms with van der Waals surface area (Å²) >= 11 is 6.09. The van der Waals surface area contributed by atoms with Crippen LogP contribution in [0.25, 0.3) is 11.1 Å². The predicted octanol–water partition coefficient (Wildman–Crippen LogP) is 2.51. The van der Waals surface area contributed by atoms with Crippen molar-refractivity contribution in [3.63, 3.8) is 0 Å². The van der Waals surface area contributed by atoms with Gasteiger partial charge in [-0.3, -0.25) is 9.36 Å². The highest BCUT2D eigenvalue weighted by atomic mass is 35.5. The van der Waals surface area contributed by atoms with Crippen molar-refractivity contribution in [2.45, 2.75) is 32.9 Å². The van der Waals surface area contributed by atoms with Crippen LogP contribution in [0.2, 0.25) is 5.02 Å². The molecule has 0 amide bonds. The number of fused-ring (bicyclic) bond motifs is 1. The number of oxazole rings is 1. The van der Waals surface area contributed by atoms with E-state index in [9.17, 15) is 9.59 Å². The van der Waals surface area contributed by atoms with Gasteiger partial charge in [-0.1, -0.05) is 11.6 Å². The van der Waals surface area contributed by atoms with E-state index >= 15 is 0 Å². The van der Waals surface area contributed by atoms with Gasteiger partial charge >= 0.3 is 11.7 Å². The maximum atomic E-state index is 11.7. The van der Waals surface area contributed by atoms with Crippen LogP contribution in [0.4, 0.5) is 0 Å². The van der Waals surface area contributed by atoms with Gasteiger partial charge in [-0.15, -0.1) is 0 Å². The van der Waals surface area contributed by atoms with E-state index in [1.165, 1.54) is 10.6 Å². The summed E-state index contributed by atoms with van der Waals surface area (Å²) in [5.41, 5.74) is 0.776. The van der Waals surface area contributed by atoms with Crippen molar-refractivity contribution in [3.8, 4) is 5.75 Å². The molecule has 0 atom stereocenters. The third-order valence-corrected chi connectivity index (χ3v) is 2.93. The molecule has 1 aromatic heterocycles. The Labute approximate surface area is 119 Å². The quantitative estimate of drug-likeness (QED) is 0.917. The molecule has 0 aliphatic rings. The molecule has 0 spiro atoms. The highest BCUT2D eigenvalue weighted by Gasteiger charge is 2.15. The number of nitrogens with zero attached hydrogens (tertiary/aromatic N) is 1. The minimum absolute atomic E-state index is 0.0296. The number of rotatable bonds is 5. The zero-order valence-electron chi connectivity index (χ0n) is 11.1. The van der Waals surface area contributed by atoms with E-state index in [2.05, 4.69) is 0 Å². The largest absolute Gasteiger partial charge is 0.489 e. The molecule has 0 aliphatic carbocycles. The Bertz CT molecular complexity index is 701. The van der Waals surface area contributed by atoms with Gasteiger partial charge < -0.3 is 14.3 Å². The molecule has 0 saturated carbocycles. The smallest absolute Gasteiger partial charge is 0.419 e. The maximum Gasteiger partial charge on any atom is 0.419 e. The Morgan fingerprint density at radius 2 is 2.20 bits per heavy atom. The first-order chi connectivity index (χ1) is 9.38. The van der Waals surface area contributed by atoms with Crippen LogP contribution in [-0.4, -0.2) is 21.7 Å². The van der Waals surface area contributed by atoms with Gasteiger partial charge in [0.15, 0.2) is 5.58 Å². The second-order valence-electron chi connectivity index (χ2n) is 4.58. The summed E-state index contributed by atoms with van der Waals surface area (Å²) in [6.07, 6.45) is -0.234. The number of carboxylic acid groups (broad SMARTS) is 1. The monoisotopic (exact) mass is 299 g/mol. The number of aryl methyl sites for hydroxylation is 1. The number of halogens is 1. The first kappa shape index (κ1) is 14.5. The van der Waals surface area contributed by atoms with E-state index in [-0.39, 0.29) is 19.1 Å². The van der Waals surface area contributed by atoms with Crippen LogP contribution in [0.5, 0.6) is 5.75 Å². The molecule has 20 heavy (non-hydrogen) atoms. The normalized spacial score (nSPS) is 11.2. The third kappa shape index (κ3) is 2.96. The van der Waals surface area contributed by atoms with Gasteiger partial charge in [0.2, 0.25) is 0 Å². The number of hydrogen-bond donors (Lipinski definition) is 1. The van der Waals surface area contributed by atoms with Crippen LogP contribution >= 0.6 is 11.6 Å². The van der Waals surface area contributed by atoms with Gasteiger partial charge in [-0.25, -0.2) is 4.79 Å². The molecule has 108 valence electrons. The molecule has 1 heterocycles. The molecular weight excluding hydrogens is 286 g/mol. The van der Waals surface area contributed by atoms with E-state index in [0.29, 0.717) is 21.9 Å². The molecule has 0 saturated heterocycles. The molecule has 0 radical (unpaired) electrons. The minimum atomic E-state index is -0.989. The summed E-state index contributed by atoms with van der Waals surface area (Å²) in [6, 6.07) is 3.08. The Hall–Kier alpha value is -1.95. The van der Waals surface area contributed by atoms with Gasteiger partial charge in [0.25, 0.3) is 0 Å². The van der Waals surface area contributed by atoms with Crippen molar-refractivity contribution < 1.29 is 19.1 Å². The van der Waals surface area contributed by atoms with Gasteiger partial charge in [0.1, 0.15) is 5.75 Å². The lowest BCUT2D eigenvalue weighted by molar-refractivity contribution is -0.137. The Kier molecular flexibility index (Phi) is 4.04. The lowest BCUT2D eigenvalue weighted by Crippen LogP contribution is -2.16. The molecule has 0 aliphatic heterocycles. The van der Waals surface area contributed by atoms with Crippen molar-refractivity contribution in [2.24, 2.45) is 0 Å². The van der Waals surface area contributed by atoms with E-state index < -0.39 is 11.7 Å². The summed E-state index contributed by atoms with van der Waals surface area (Å²) in [5, 5.41) is 9.02. The third-order valence-electron chi connectivity index (χ3n) is 2.63. The van der Waals surface area contributed by atoms with E-state index in [4.69, 9.17) is 25.9 Å². The molecular formula is C13H14ClNO5. The number of hydrogen-bond acceptors (Lipinski definition) is 4. The Morgan fingerprint density at radius 1 is 1.50 bits per heavy atom. The fraction of sp³-hybridized carbons (Fsp3) is 0.385. The van der Waals surface area contributed by atoms with Gasteiger partial charge in [-0.2, -0.15) is 0 Å². The summed E-state index contributed by atoms with van der Waals surface area (Å²) in [4.78, 5) is 22.3. The zero-order valence-corrected chi connectivity index (χ0v) is 11.8. The second-order valence-corrected chi connectivity index (χ2v) is 4.99. The van der Waals surface area contributed by atoms with Crippen molar-refractivity contribution >= 4 is 28.7 Å². The number of carboxylic acids is 1. The topological polar surface area (TPSA) is 81.7 Å². The van der Waals surface area contributed by atoms with Crippen LogP contribution in [0.1, 0.15) is 20.3 Å². The number of benzene rings is 1. The fourth-order valence-electron chi connectivity index (χ4n) is 1.83. The number of ether oxygens (including phenoxy) is 1. The predicted molar refractivity (Wildman–Crippen MR) is 73.5 cm³/mol. The van der Waals surface area contributed by atoms with Crippen LogP contribution < -0.4 is 10.5 Å². The molecule has 0 unspecified atom stereocenters. The van der Waals surface area contributed by atoms with Crippen LogP contribution in [-0.2, 0) is 11.3 Å². The van der Waals surface area contributed by atoms with Gasteiger partial charge in [-0.05, 0) is 19.9 Å². The zero-order chi connectivity index (χ0) is 14.9. The number of carbonyl (C=O) groups is 1. The van der Waals surface area contributed by atoms with E-state index in [1.807, 2.05) is 13.8 Å². The second kappa shape index (κ2) is 5.58. The molecule has 1 aromatic carbocycles. The molecule has 0 fully saturated rings. The highest BCUT2D eigenvalue weighted by molar-refractivity contribution is 6.32. The highest BCUT2D eigenvalue weighted by Crippen LogP contribution is 2.30. The number of aliphatic carboxylic acids is 1. The minimum Gasteiger partial charge on any atom is -0.489 e. The standard InChI is InChI=1S/C13H14ClNO5/c1-7(2)19-10-6-11-9(5-8(10)14)15(13(18)20-11)4-3-12(16)17/h5-7H,3-4H2,1-2H3,(H,16,17). The van der Waals surface area contributed by atoms with E-state index in [0.717, 1.165) is 0 Å².